The number of carboxylic acid groups (broad SMARTS) is 1. The first-order valence-electron chi connectivity index (χ1n) is 16.0. The van der Waals surface area contributed by atoms with Crippen LogP contribution in [-0.2, 0) is 14.3 Å². The third-order valence-corrected chi connectivity index (χ3v) is 8.48. The number of piperidine rings is 1. The molecule has 5 rings (SSSR count). The zero-order valence-electron chi connectivity index (χ0n) is 27.4. The van der Waals surface area contributed by atoms with E-state index in [2.05, 4.69) is 57.5 Å². The molecule has 244 valence electrons. The number of carbonyl (C=O) groups is 2. The van der Waals surface area contributed by atoms with Gasteiger partial charge < -0.3 is 19.5 Å². The number of nitrogens with zero attached hydrogens (tertiary/aromatic N) is 6. The molecule has 46 heavy (non-hydrogen) atoms. The Labute approximate surface area is 271 Å². The summed E-state index contributed by atoms with van der Waals surface area (Å²) in [6.45, 7) is 10.5. The van der Waals surface area contributed by atoms with Gasteiger partial charge in [0.05, 0.1) is 18.6 Å². The Bertz CT molecular complexity index is 1540. The molecule has 1 saturated carbocycles. The highest BCUT2D eigenvalue weighted by molar-refractivity contribution is 6.19. The van der Waals surface area contributed by atoms with Crippen LogP contribution < -0.4 is 9.64 Å². The number of aliphatic imine (C=N–C) groups is 1. The number of aryl methyl sites for hydroxylation is 1. The van der Waals surface area contributed by atoms with E-state index in [1.165, 1.54) is 6.33 Å². The van der Waals surface area contributed by atoms with Gasteiger partial charge in [0.15, 0.2) is 0 Å². The maximum atomic E-state index is 14.3. The number of carbonyl (C=O) groups excluding carboxylic acids is 1. The van der Waals surface area contributed by atoms with E-state index in [9.17, 15) is 14.7 Å². The van der Waals surface area contributed by atoms with Crippen LogP contribution in [0, 0.1) is 36.0 Å². The van der Waals surface area contributed by atoms with Gasteiger partial charge in [-0.15, -0.1) is 0 Å². The van der Waals surface area contributed by atoms with E-state index in [1.54, 1.807) is 24.4 Å². The molecule has 1 N–H and O–H groups in total. The van der Waals surface area contributed by atoms with Crippen molar-refractivity contribution in [1.82, 2.24) is 19.9 Å². The standard InChI is InChI=1S/C35H44N6O5/c1-23-16-30(39-22-38-23)41(21-35(2,3)4)34(44)28-19-37-31(45-5)9-8-29(28)40-14-11-24(12-15-40)20-46-32-17-26(10-13-36-32)27(18-33(42)43)25-6-7-25/h10,13,16-17,19,22,24-25,27,31H,6-7,11-12,14-15,18,20-21H2,1-5H3,(H,42,43). The molecule has 2 unspecified atom stereocenters. The van der Waals surface area contributed by atoms with Gasteiger partial charge in [-0.25, -0.2) is 19.9 Å². The maximum absolute atomic E-state index is 14.3. The van der Waals surface area contributed by atoms with Crippen LogP contribution in [0.2, 0.25) is 0 Å². The van der Waals surface area contributed by atoms with Crippen molar-refractivity contribution in [1.29, 1.82) is 0 Å². The highest BCUT2D eigenvalue weighted by Crippen LogP contribution is 2.45. The van der Waals surface area contributed by atoms with Gasteiger partial charge in [-0.05, 0) is 79.2 Å². The van der Waals surface area contributed by atoms with E-state index in [4.69, 9.17) is 9.47 Å². The van der Waals surface area contributed by atoms with Crippen LogP contribution in [0.1, 0.15) is 70.1 Å². The van der Waals surface area contributed by atoms with Crippen molar-refractivity contribution in [3.63, 3.8) is 0 Å². The Balaban J connectivity index is 1.30. The second-order valence-corrected chi connectivity index (χ2v) is 13.6. The molecule has 2 aromatic rings. The molecule has 1 aliphatic carbocycles. The van der Waals surface area contributed by atoms with Crippen LogP contribution in [0.5, 0.6) is 5.88 Å². The Kier molecular flexibility index (Phi) is 10.4. The third kappa shape index (κ3) is 8.69. The molecular formula is C35H44N6O5. The summed E-state index contributed by atoms with van der Waals surface area (Å²) in [5.41, 5.74) is 2.61. The highest BCUT2D eigenvalue weighted by atomic mass is 16.5. The summed E-state index contributed by atoms with van der Waals surface area (Å²) in [4.78, 5) is 47.1. The Hall–Kier alpha value is -4.30. The van der Waals surface area contributed by atoms with Gasteiger partial charge in [-0.2, -0.15) is 0 Å². The summed E-state index contributed by atoms with van der Waals surface area (Å²) < 4.78 is 11.6. The van der Waals surface area contributed by atoms with E-state index in [1.807, 2.05) is 25.1 Å². The fourth-order valence-corrected chi connectivity index (χ4v) is 5.93. The molecule has 0 bridgehead atoms. The van der Waals surface area contributed by atoms with Crippen LogP contribution >= 0.6 is 0 Å². The molecule has 2 fully saturated rings. The topological polar surface area (TPSA) is 130 Å². The van der Waals surface area contributed by atoms with Gasteiger partial charge in [0.1, 0.15) is 17.8 Å². The second-order valence-electron chi connectivity index (χ2n) is 13.6. The molecule has 11 heteroatoms. The van der Waals surface area contributed by atoms with Crippen LogP contribution in [0.4, 0.5) is 5.82 Å². The molecule has 3 aliphatic rings. The predicted octanol–water partition coefficient (Wildman–Crippen LogP) is 4.63. The lowest BCUT2D eigenvalue weighted by atomic mass is 9.92. The summed E-state index contributed by atoms with van der Waals surface area (Å²) in [6.07, 6.45) is 8.04. The van der Waals surface area contributed by atoms with E-state index < -0.39 is 12.2 Å². The first kappa shape index (κ1) is 33.1. The van der Waals surface area contributed by atoms with Crippen molar-refractivity contribution in [2.45, 2.75) is 71.9 Å². The van der Waals surface area contributed by atoms with Crippen molar-refractivity contribution in [2.24, 2.45) is 22.2 Å². The number of anilines is 1. The Morgan fingerprint density at radius 2 is 1.89 bits per heavy atom. The molecule has 1 saturated heterocycles. The van der Waals surface area contributed by atoms with Gasteiger partial charge >= 0.3 is 5.97 Å². The molecule has 2 aromatic heterocycles. The lowest BCUT2D eigenvalue weighted by Gasteiger charge is -2.35. The van der Waals surface area contributed by atoms with Crippen molar-refractivity contribution in [3.8, 4) is 17.7 Å². The number of allylic oxidation sites excluding steroid dienone is 1. The largest absolute Gasteiger partial charge is 0.481 e. The number of carboxylic acids is 1. The summed E-state index contributed by atoms with van der Waals surface area (Å²) in [7, 11) is 1.55. The lowest BCUT2D eigenvalue weighted by molar-refractivity contribution is -0.137. The number of aliphatic carboxylic acids is 1. The number of hydrogen-bond acceptors (Lipinski definition) is 9. The molecule has 2 aliphatic heterocycles. The number of pyridine rings is 1. The van der Waals surface area contributed by atoms with Crippen LogP contribution in [0.15, 0.2) is 47.0 Å². The molecule has 1 amide bonds. The number of hydrogen-bond donors (Lipinski definition) is 1. The fourth-order valence-electron chi connectivity index (χ4n) is 5.93. The van der Waals surface area contributed by atoms with Gasteiger partial charge in [-0.1, -0.05) is 20.8 Å². The number of ether oxygens (including phenoxy) is 2. The summed E-state index contributed by atoms with van der Waals surface area (Å²) in [6, 6.07) is 5.62. The van der Waals surface area contributed by atoms with Crippen molar-refractivity contribution in [2.75, 3.05) is 38.3 Å². The normalized spacial score (nSPS) is 19.2. The van der Waals surface area contributed by atoms with Gasteiger partial charge in [0.2, 0.25) is 12.1 Å². The van der Waals surface area contributed by atoms with Crippen LogP contribution in [0.25, 0.3) is 0 Å². The molecule has 4 heterocycles. The molecule has 11 nitrogen and oxygen atoms in total. The molecule has 2 atom stereocenters. The van der Waals surface area contributed by atoms with Gasteiger partial charge in [0.25, 0.3) is 5.91 Å². The van der Waals surface area contributed by atoms with Gasteiger partial charge in [0, 0.05) is 57.0 Å². The van der Waals surface area contributed by atoms with E-state index in [-0.39, 0.29) is 23.7 Å². The average molecular weight is 629 g/mol. The average Bonchev–Trinajstić information content (AvgIpc) is 3.88. The SMILES string of the molecule is COC1C#CC(N2CCC(COc3cc(C(CC(=O)O)C4CC4)ccn3)CC2)=C(C(=O)N(CC(C)(C)C)c2cc(C)ncn2)C=N1. The Morgan fingerprint density at radius 3 is 2.54 bits per heavy atom. The van der Waals surface area contributed by atoms with Crippen molar-refractivity contribution in [3.05, 3.63) is 53.3 Å². The molecule has 0 radical (unpaired) electrons. The quantitative estimate of drug-likeness (QED) is 0.334. The minimum atomic E-state index is -0.781. The molecular weight excluding hydrogens is 584 g/mol. The van der Waals surface area contributed by atoms with E-state index >= 15 is 0 Å². The van der Waals surface area contributed by atoms with Crippen molar-refractivity contribution < 1.29 is 24.2 Å². The first-order chi connectivity index (χ1) is 22.0. The minimum Gasteiger partial charge on any atom is -0.481 e. The first-order valence-corrected chi connectivity index (χ1v) is 16.0. The summed E-state index contributed by atoms with van der Waals surface area (Å²) >= 11 is 0. The molecule has 0 spiro atoms. The number of aromatic nitrogens is 3. The van der Waals surface area contributed by atoms with Crippen LogP contribution in [0.3, 0.4) is 0 Å². The summed E-state index contributed by atoms with van der Waals surface area (Å²) in [5.74, 6) is 7.05. The van der Waals surface area contributed by atoms with E-state index in [0.29, 0.717) is 61.0 Å². The van der Waals surface area contributed by atoms with E-state index in [0.717, 1.165) is 36.9 Å². The van der Waals surface area contributed by atoms with Gasteiger partial charge in [-0.3, -0.25) is 14.5 Å². The number of methoxy groups -OCH3 is 1. The minimum absolute atomic E-state index is 0.00381. The fraction of sp³-hybridized carbons (Fsp3) is 0.543. The smallest absolute Gasteiger partial charge is 0.303 e. The van der Waals surface area contributed by atoms with Crippen molar-refractivity contribution >= 4 is 23.9 Å². The lowest BCUT2D eigenvalue weighted by Crippen LogP contribution is -2.42. The number of rotatable bonds is 12. The summed E-state index contributed by atoms with van der Waals surface area (Å²) in [5, 5.41) is 9.40. The zero-order valence-corrected chi connectivity index (χ0v) is 27.4. The predicted molar refractivity (Wildman–Crippen MR) is 174 cm³/mol. The molecule has 0 aromatic carbocycles. The number of amides is 1. The monoisotopic (exact) mass is 628 g/mol. The third-order valence-electron chi connectivity index (χ3n) is 8.48. The Morgan fingerprint density at radius 1 is 1.13 bits per heavy atom. The maximum Gasteiger partial charge on any atom is 0.303 e. The van der Waals surface area contributed by atoms with Crippen LogP contribution in [-0.4, -0.2) is 82.6 Å². The zero-order chi connectivity index (χ0) is 32.8. The second kappa shape index (κ2) is 14.4. The number of likely N-dealkylation sites (tertiary alicyclic amines) is 1. The highest BCUT2D eigenvalue weighted by Gasteiger charge is 2.34.